The largest absolute Gasteiger partial charge is 0.493 e. The number of aromatic nitrogens is 2. The second kappa shape index (κ2) is 14.6. The molecule has 7 heteroatoms. The van der Waals surface area contributed by atoms with Crippen LogP contribution in [0.15, 0.2) is 42.7 Å². The van der Waals surface area contributed by atoms with Gasteiger partial charge in [-0.3, -0.25) is 4.90 Å². The minimum Gasteiger partial charge on any atom is -0.493 e. The molecule has 0 spiro atoms. The molecule has 2 aromatic rings. The standard InChI is InChI=1S/C31H46N4O3/c1-3-5-24(14-16-32-31-33-18-23(4-2)19-34-31)22-38-29-12-10-27(11-13-29)26-6-8-28(9-7-26)30(37)35-17-15-25(20-35)21-36/h6,10-13,18-19,24-25,28,30,36-37H,3-5,7-9,14-17,20-22H2,1-2H3,(H,32,33,34)/t24?,25-,28?,30?/m1/s1. The van der Waals surface area contributed by atoms with E-state index in [0.717, 1.165) is 82.3 Å². The Kier molecular flexibility index (Phi) is 11.0. The third-order valence-corrected chi connectivity index (χ3v) is 8.18. The molecule has 1 saturated heterocycles. The average Bonchev–Trinajstić information content (AvgIpc) is 3.46. The smallest absolute Gasteiger partial charge is 0.222 e. The maximum absolute atomic E-state index is 10.8. The Morgan fingerprint density at radius 1 is 1.11 bits per heavy atom. The summed E-state index contributed by atoms with van der Waals surface area (Å²) in [5.41, 5.74) is 3.76. The molecule has 208 valence electrons. The molecule has 0 bridgehead atoms. The Balaban J connectivity index is 1.21. The van der Waals surface area contributed by atoms with Crippen molar-refractivity contribution in [1.82, 2.24) is 14.9 Å². The predicted octanol–water partition coefficient (Wildman–Crippen LogP) is 5.15. The lowest BCUT2D eigenvalue weighted by atomic mass is 9.85. The van der Waals surface area contributed by atoms with E-state index < -0.39 is 6.23 Å². The van der Waals surface area contributed by atoms with Gasteiger partial charge < -0.3 is 20.3 Å². The summed E-state index contributed by atoms with van der Waals surface area (Å²) in [6, 6.07) is 8.50. The number of aliphatic hydroxyl groups excluding tert-OH is 2. The molecule has 1 fully saturated rings. The van der Waals surface area contributed by atoms with E-state index in [1.807, 2.05) is 12.4 Å². The average molecular weight is 523 g/mol. The lowest BCUT2D eigenvalue weighted by Gasteiger charge is -2.32. The van der Waals surface area contributed by atoms with Crippen LogP contribution in [0, 0.1) is 17.8 Å². The van der Waals surface area contributed by atoms with Crippen molar-refractivity contribution in [3.8, 4) is 5.75 Å². The van der Waals surface area contributed by atoms with Crippen LogP contribution in [-0.4, -0.2) is 64.2 Å². The first-order valence-corrected chi connectivity index (χ1v) is 14.6. The second-order valence-electron chi connectivity index (χ2n) is 11.0. The van der Waals surface area contributed by atoms with Crippen molar-refractivity contribution in [3.05, 3.63) is 53.9 Å². The van der Waals surface area contributed by atoms with Crippen LogP contribution in [0.25, 0.3) is 5.57 Å². The van der Waals surface area contributed by atoms with Gasteiger partial charge in [0.15, 0.2) is 0 Å². The first-order chi connectivity index (χ1) is 18.6. The first-order valence-electron chi connectivity index (χ1n) is 14.6. The molecule has 2 aliphatic rings. The van der Waals surface area contributed by atoms with Gasteiger partial charge in [-0.15, -0.1) is 0 Å². The maximum Gasteiger partial charge on any atom is 0.222 e. The molecule has 7 nitrogen and oxygen atoms in total. The van der Waals surface area contributed by atoms with Crippen molar-refractivity contribution in [2.24, 2.45) is 17.8 Å². The summed E-state index contributed by atoms with van der Waals surface area (Å²) in [4.78, 5) is 10.9. The van der Waals surface area contributed by atoms with E-state index in [4.69, 9.17) is 4.74 Å². The van der Waals surface area contributed by atoms with E-state index in [2.05, 4.69) is 64.4 Å². The molecule has 3 N–H and O–H groups in total. The molecule has 1 aliphatic carbocycles. The molecule has 2 heterocycles. The third-order valence-electron chi connectivity index (χ3n) is 8.18. The lowest BCUT2D eigenvalue weighted by Crippen LogP contribution is -2.39. The molecule has 0 radical (unpaired) electrons. The Morgan fingerprint density at radius 3 is 2.53 bits per heavy atom. The van der Waals surface area contributed by atoms with Crippen LogP contribution < -0.4 is 10.1 Å². The van der Waals surface area contributed by atoms with Crippen molar-refractivity contribution in [1.29, 1.82) is 0 Å². The molecule has 1 aromatic carbocycles. The zero-order valence-corrected chi connectivity index (χ0v) is 23.2. The number of hydrogen-bond acceptors (Lipinski definition) is 7. The van der Waals surface area contributed by atoms with Gasteiger partial charge in [0, 0.05) is 44.6 Å². The summed E-state index contributed by atoms with van der Waals surface area (Å²) < 4.78 is 6.18. The van der Waals surface area contributed by atoms with E-state index in [-0.39, 0.29) is 12.5 Å². The van der Waals surface area contributed by atoms with Crippen LogP contribution in [0.3, 0.4) is 0 Å². The number of aryl methyl sites for hydroxylation is 1. The number of nitrogens with one attached hydrogen (secondary N) is 1. The van der Waals surface area contributed by atoms with Crippen LogP contribution in [0.4, 0.5) is 5.95 Å². The number of ether oxygens (including phenoxy) is 1. The van der Waals surface area contributed by atoms with Gasteiger partial charge in [0.1, 0.15) is 12.0 Å². The van der Waals surface area contributed by atoms with E-state index in [0.29, 0.717) is 24.4 Å². The third kappa shape index (κ3) is 8.01. The topological polar surface area (TPSA) is 90.7 Å². The first kappa shape index (κ1) is 28.5. The maximum atomic E-state index is 10.8. The molecule has 0 amide bonds. The number of aliphatic hydroxyl groups is 2. The van der Waals surface area contributed by atoms with Crippen LogP contribution in [0.1, 0.15) is 69.9 Å². The van der Waals surface area contributed by atoms with E-state index >= 15 is 0 Å². The molecule has 4 rings (SSSR count). The van der Waals surface area contributed by atoms with Gasteiger partial charge >= 0.3 is 0 Å². The van der Waals surface area contributed by atoms with Crippen molar-refractivity contribution in [2.45, 2.75) is 71.4 Å². The molecule has 3 unspecified atom stereocenters. The van der Waals surface area contributed by atoms with Crippen LogP contribution >= 0.6 is 0 Å². The molecule has 1 aliphatic heterocycles. The number of anilines is 1. The van der Waals surface area contributed by atoms with Crippen LogP contribution in [0.5, 0.6) is 5.75 Å². The highest BCUT2D eigenvalue weighted by Crippen LogP contribution is 2.34. The lowest BCUT2D eigenvalue weighted by molar-refractivity contribution is -0.0319. The fourth-order valence-corrected chi connectivity index (χ4v) is 5.65. The number of nitrogens with zero attached hydrogens (tertiary/aromatic N) is 3. The van der Waals surface area contributed by atoms with Gasteiger partial charge in [-0.05, 0) is 85.6 Å². The van der Waals surface area contributed by atoms with Gasteiger partial charge in [0.05, 0.1) is 6.61 Å². The zero-order valence-electron chi connectivity index (χ0n) is 23.2. The van der Waals surface area contributed by atoms with Gasteiger partial charge in [0.25, 0.3) is 0 Å². The second-order valence-corrected chi connectivity index (χ2v) is 11.0. The molecule has 1 aromatic heterocycles. The fraction of sp³-hybridized carbons (Fsp3) is 0.613. The summed E-state index contributed by atoms with van der Waals surface area (Å²) in [6.07, 6.45) is 13.8. The number of benzene rings is 1. The molecule has 38 heavy (non-hydrogen) atoms. The molecular formula is C31H46N4O3. The highest BCUT2D eigenvalue weighted by molar-refractivity contribution is 5.66. The van der Waals surface area contributed by atoms with Crippen LogP contribution in [0.2, 0.25) is 0 Å². The van der Waals surface area contributed by atoms with Crippen molar-refractivity contribution in [2.75, 3.05) is 38.2 Å². The fourth-order valence-electron chi connectivity index (χ4n) is 5.65. The monoisotopic (exact) mass is 522 g/mol. The zero-order chi connectivity index (χ0) is 26.7. The van der Waals surface area contributed by atoms with E-state index in [1.165, 1.54) is 11.1 Å². The summed E-state index contributed by atoms with van der Waals surface area (Å²) in [7, 11) is 0. The Labute approximate surface area is 228 Å². The minimum absolute atomic E-state index is 0.220. The van der Waals surface area contributed by atoms with Gasteiger partial charge in [-0.2, -0.15) is 0 Å². The Morgan fingerprint density at radius 2 is 1.89 bits per heavy atom. The van der Waals surface area contributed by atoms with Gasteiger partial charge in [-0.1, -0.05) is 38.5 Å². The summed E-state index contributed by atoms with van der Waals surface area (Å²) >= 11 is 0. The predicted molar refractivity (Wildman–Crippen MR) is 153 cm³/mol. The van der Waals surface area contributed by atoms with E-state index in [9.17, 15) is 10.2 Å². The molecule has 0 saturated carbocycles. The van der Waals surface area contributed by atoms with Crippen molar-refractivity contribution >= 4 is 11.5 Å². The van der Waals surface area contributed by atoms with Crippen molar-refractivity contribution in [3.63, 3.8) is 0 Å². The highest BCUT2D eigenvalue weighted by atomic mass is 16.5. The quantitative estimate of drug-likeness (QED) is 0.316. The SMILES string of the molecule is CCCC(CCNc1ncc(CC)cn1)COc1ccc(C2=CCC(C(O)N3CC[C@@H](CO)C3)CC2)cc1. The van der Waals surface area contributed by atoms with Gasteiger partial charge in [-0.25, -0.2) is 9.97 Å². The van der Waals surface area contributed by atoms with Crippen LogP contribution in [-0.2, 0) is 6.42 Å². The number of allylic oxidation sites excluding steroid dienone is 2. The summed E-state index contributed by atoms with van der Waals surface area (Å²) in [6.45, 7) is 7.79. The number of hydrogen-bond donors (Lipinski definition) is 3. The molecular weight excluding hydrogens is 476 g/mol. The summed E-state index contributed by atoms with van der Waals surface area (Å²) in [5, 5.41) is 23.6. The molecule has 4 atom stereocenters. The number of rotatable bonds is 14. The summed E-state index contributed by atoms with van der Waals surface area (Å²) in [5.74, 6) is 2.67. The minimum atomic E-state index is -0.402. The normalized spacial score (nSPS) is 21.6. The van der Waals surface area contributed by atoms with Crippen molar-refractivity contribution < 1.29 is 14.9 Å². The Bertz CT molecular complexity index is 995. The Hall–Kier alpha value is -2.48. The highest BCUT2D eigenvalue weighted by Gasteiger charge is 2.32. The van der Waals surface area contributed by atoms with E-state index in [1.54, 1.807) is 0 Å². The number of likely N-dealkylation sites (tertiary alicyclic amines) is 1. The van der Waals surface area contributed by atoms with Gasteiger partial charge in [0.2, 0.25) is 5.95 Å².